The lowest BCUT2D eigenvalue weighted by molar-refractivity contribution is 0.684. The van der Waals surface area contributed by atoms with Gasteiger partial charge in [0.05, 0.1) is 12.9 Å². The summed E-state index contributed by atoms with van der Waals surface area (Å²) in [7, 11) is 0. The molecule has 0 amide bonds. The number of nitrogens with zero attached hydrogens (tertiary/aromatic N) is 4. The van der Waals surface area contributed by atoms with Crippen molar-refractivity contribution >= 4 is 11.4 Å². The molecule has 0 spiro atoms. The lowest BCUT2D eigenvalue weighted by Crippen LogP contribution is -2.02. The Morgan fingerprint density at radius 2 is 1.46 bits per heavy atom. The van der Waals surface area contributed by atoms with Gasteiger partial charge in [0.25, 0.3) is 0 Å². The third-order valence-electron chi connectivity index (χ3n) is 4.55. The van der Waals surface area contributed by atoms with Gasteiger partial charge in [0.2, 0.25) is 0 Å². The third-order valence-corrected chi connectivity index (χ3v) is 4.55. The molecule has 0 unspecified atom stereocenters. The zero-order chi connectivity index (χ0) is 19.9. The van der Waals surface area contributed by atoms with Crippen molar-refractivity contribution < 1.29 is 0 Å². The Balaban J connectivity index is 0.000000161. The minimum atomic E-state index is 0.782. The highest BCUT2D eigenvalue weighted by molar-refractivity contribution is 5.45. The van der Waals surface area contributed by atoms with Crippen LogP contribution in [0.3, 0.4) is 0 Å². The van der Waals surface area contributed by atoms with Gasteiger partial charge in [-0.1, -0.05) is 12.1 Å². The van der Waals surface area contributed by atoms with Crippen molar-refractivity contribution in [3.05, 3.63) is 95.8 Å². The largest absolute Gasteiger partial charge is 0.399 e. The zero-order valence-electron chi connectivity index (χ0n) is 16.3. The van der Waals surface area contributed by atoms with Crippen LogP contribution in [0, 0.1) is 13.8 Å². The predicted octanol–water partition coefficient (Wildman–Crippen LogP) is 3.64. The second-order valence-electron chi connectivity index (χ2n) is 6.81. The summed E-state index contributed by atoms with van der Waals surface area (Å²) in [6, 6.07) is 13.8. The molecule has 0 fully saturated rings. The van der Waals surface area contributed by atoms with Crippen molar-refractivity contribution in [1.82, 2.24) is 19.3 Å². The molecule has 0 aliphatic heterocycles. The summed E-state index contributed by atoms with van der Waals surface area (Å²) in [5, 5.41) is 4.16. The number of benzene rings is 2. The van der Waals surface area contributed by atoms with Crippen LogP contribution in [0.1, 0.15) is 22.3 Å². The number of anilines is 2. The van der Waals surface area contributed by atoms with Gasteiger partial charge < -0.3 is 16.0 Å². The number of aryl methyl sites for hydroxylation is 2. The molecular formula is C22H26N6. The number of nitrogens with two attached hydrogens (primary N) is 2. The smallest absolute Gasteiger partial charge is 0.0949 e. The average molecular weight is 374 g/mol. The van der Waals surface area contributed by atoms with E-state index in [2.05, 4.69) is 23.9 Å². The van der Waals surface area contributed by atoms with E-state index in [0.29, 0.717) is 0 Å². The second-order valence-corrected chi connectivity index (χ2v) is 6.81. The topological polar surface area (TPSA) is 87.7 Å². The molecule has 0 radical (unpaired) electrons. The normalized spacial score (nSPS) is 10.4. The molecule has 0 saturated heterocycles. The molecule has 4 rings (SSSR count). The second kappa shape index (κ2) is 8.90. The SMILES string of the molecule is Cc1ccc(N)cc1Cn1cccn1.Cc1ccc(N)cc1Cn1ccnc1. The van der Waals surface area contributed by atoms with Gasteiger partial charge in [-0.2, -0.15) is 5.10 Å². The van der Waals surface area contributed by atoms with E-state index >= 15 is 0 Å². The molecule has 6 heteroatoms. The zero-order valence-corrected chi connectivity index (χ0v) is 16.3. The van der Waals surface area contributed by atoms with Gasteiger partial charge in [0.15, 0.2) is 0 Å². The molecular weight excluding hydrogens is 348 g/mol. The summed E-state index contributed by atoms with van der Waals surface area (Å²) >= 11 is 0. The molecule has 2 heterocycles. The molecule has 0 aliphatic carbocycles. The fourth-order valence-corrected chi connectivity index (χ4v) is 2.87. The Labute approximate surface area is 165 Å². The van der Waals surface area contributed by atoms with Crippen molar-refractivity contribution in [1.29, 1.82) is 0 Å². The highest BCUT2D eigenvalue weighted by Crippen LogP contribution is 2.14. The van der Waals surface area contributed by atoms with E-state index < -0.39 is 0 Å². The van der Waals surface area contributed by atoms with Crippen LogP contribution in [0.4, 0.5) is 11.4 Å². The maximum atomic E-state index is 5.73. The van der Waals surface area contributed by atoms with Gasteiger partial charge in [-0.15, -0.1) is 0 Å². The van der Waals surface area contributed by atoms with Crippen molar-refractivity contribution in [3.63, 3.8) is 0 Å². The van der Waals surface area contributed by atoms with E-state index in [1.165, 1.54) is 22.3 Å². The van der Waals surface area contributed by atoms with Crippen molar-refractivity contribution in [2.75, 3.05) is 11.5 Å². The van der Waals surface area contributed by atoms with Crippen LogP contribution in [-0.2, 0) is 13.1 Å². The first kappa shape index (κ1) is 19.2. The number of hydrogen-bond acceptors (Lipinski definition) is 4. The molecule has 2 aromatic heterocycles. The first-order valence-corrected chi connectivity index (χ1v) is 9.14. The Morgan fingerprint density at radius 1 is 0.821 bits per heavy atom. The molecule has 0 atom stereocenters. The maximum Gasteiger partial charge on any atom is 0.0949 e. The van der Waals surface area contributed by atoms with E-state index in [9.17, 15) is 0 Å². The van der Waals surface area contributed by atoms with Gasteiger partial charge in [0.1, 0.15) is 0 Å². The van der Waals surface area contributed by atoms with Crippen LogP contribution in [0.25, 0.3) is 0 Å². The monoisotopic (exact) mass is 374 g/mol. The summed E-state index contributed by atoms with van der Waals surface area (Å²) in [4.78, 5) is 4.00. The predicted molar refractivity (Wildman–Crippen MR) is 114 cm³/mol. The van der Waals surface area contributed by atoms with Gasteiger partial charge in [0, 0.05) is 42.7 Å². The quantitative estimate of drug-likeness (QED) is 0.534. The highest BCUT2D eigenvalue weighted by atomic mass is 15.3. The molecule has 4 aromatic rings. The van der Waals surface area contributed by atoms with Crippen LogP contribution < -0.4 is 11.5 Å². The number of nitrogen functional groups attached to an aromatic ring is 2. The summed E-state index contributed by atoms with van der Waals surface area (Å²) in [6.45, 7) is 5.78. The summed E-state index contributed by atoms with van der Waals surface area (Å²) in [5.41, 5.74) is 18.0. The minimum absolute atomic E-state index is 0.782. The van der Waals surface area contributed by atoms with Crippen molar-refractivity contribution in [2.24, 2.45) is 0 Å². The lowest BCUT2D eigenvalue weighted by atomic mass is 10.1. The van der Waals surface area contributed by atoms with Gasteiger partial charge in [-0.05, 0) is 66.4 Å². The Kier molecular flexibility index (Phi) is 6.11. The summed E-state index contributed by atoms with van der Waals surface area (Å²) in [5.74, 6) is 0. The fourth-order valence-electron chi connectivity index (χ4n) is 2.87. The number of hydrogen-bond donors (Lipinski definition) is 2. The number of imidazole rings is 1. The van der Waals surface area contributed by atoms with Crippen LogP contribution >= 0.6 is 0 Å². The molecule has 0 saturated carbocycles. The van der Waals surface area contributed by atoms with Gasteiger partial charge >= 0.3 is 0 Å². The average Bonchev–Trinajstić information content (AvgIpc) is 3.36. The van der Waals surface area contributed by atoms with Crippen LogP contribution in [0.5, 0.6) is 0 Å². The Morgan fingerprint density at radius 3 is 2.00 bits per heavy atom. The molecule has 4 N–H and O–H groups in total. The lowest BCUT2D eigenvalue weighted by Gasteiger charge is -2.07. The molecule has 0 bridgehead atoms. The van der Waals surface area contributed by atoms with E-state index in [0.717, 1.165) is 24.5 Å². The molecule has 2 aromatic carbocycles. The maximum absolute atomic E-state index is 5.73. The summed E-state index contributed by atoms with van der Waals surface area (Å²) < 4.78 is 3.92. The van der Waals surface area contributed by atoms with Crippen molar-refractivity contribution in [3.8, 4) is 0 Å². The van der Waals surface area contributed by atoms with Gasteiger partial charge in [-0.25, -0.2) is 4.98 Å². The molecule has 6 nitrogen and oxygen atoms in total. The summed E-state index contributed by atoms with van der Waals surface area (Å²) in [6.07, 6.45) is 9.26. The molecule has 144 valence electrons. The van der Waals surface area contributed by atoms with E-state index in [1.807, 2.05) is 70.4 Å². The Bertz CT molecular complexity index is 920. The fraction of sp³-hybridized carbons (Fsp3) is 0.182. The molecule has 28 heavy (non-hydrogen) atoms. The van der Waals surface area contributed by atoms with E-state index in [4.69, 9.17) is 11.5 Å². The van der Waals surface area contributed by atoms with Crippen molar-refractivity contribution in [2.45, 2.75) is 26.9 Å². The standard InChI is InChI=1S/2C11H13N3/c1-9-3-4-11(12)7-10(9)8-14-6-2-5-13-14;1-9-2-3-11(12)6-10(9)7-14-5-4-13-8-14/h2-7H,8,12H2,1H3;2-6,8H,7,12H2,1H3. The molecule has 0 aliphatic rings. The number of aromatic nitrogens is 4. The third kappa shape index (κ3) is 5.23. The van der Waals surface area contributed by atoms with Crippen LogP contribution in [-0.4, -0.2) is 19.3 Å². The highest BCUT2D eigenvalue weighted by Gasteiger charge is 2.00. The Hall–Kier alpha value is -3.54. The van der Waals surface area contributed by atoms with Crippen LogP contribution in [0.15, 0.2) is 73.6 Å². The van der Waals surface area contributed by atoms with Gasteiger partial charge in [-0.3, -0.25) is 4.68 Å². The van der Waals surface area contributed by atoms with E-state index in [-0.39, 0.29) is 0 Å². The first-order valence-electron chi connectivity index (χ1n) is 9.14. The number of rotatable bonds is 4. The van der Waals surface area contributed by atoms with E-state index in [1.54, 1.807) is 12.4 Å². The van der Waals surface area contributed by atoms with Crippen LogP contribution in [0.2, 0.25) is 0 Å². The minimum Gasteiger partial charge on any atom is -0.399 e. The first-order chi connectivity index (χ1) is 13.5.